The second kappa shape index (κ2) is 7.39. The van der Waals surface area contributed by atoms with Gasteiger partial charge in [-0.05, 0) is 12.5 Å². The summed E-state index contributed by atoms with van der Waals surface area (Å²) < 4.78 is 5.47. The summed E-state index contributed by atoms with van der Waals surface area (Å²) in [6.45, 7) is 5.40. The highest BCUT2D eigenvalue weighted by atomic mass is 32.1. The summed E-state index contributed by atoms with van der Waals surface area (Å²) in [5.74, 6) is 0.890. The molecule has 1 fully saturated rings. The Balaban J connectivity index is 1.94. The highest BCUT2D eigenvalue weighted by Crippen LogP contribution is 2.33. The molecular weight excluding hydrogens is 316 g/mol. The summed E-state index contributed by atoms with van der Waals surface area (Å²) in [7, 11) is 0. The van der Waals surface area contributed by atoms with Crippen LogP contribution in [0.2, 0.25) is 0 Å². The van der Waals surface area contributed by atoms with Crippen LogP contribution in [0.3, 0.4) is 0 Å². The Bertz CT molecular complexity index is 657. The summed E-state index contributed by atoms with van der Waals surface area (Å²) in [5.41, 5.74) is 0. The lowest BCUT2D eigenvalue weighted by Gasteiger charge is -2.29. The number of aliphatic hydroxyl groups excluding tert-OH is 2. The summed E-state index contributed by atoms with van der Waals surface area (Å²) in [6, 6.07) is 2.41. The molecule has 2 aromatic heterocycles. The summed E-state index contributed by atoms with van der Waals surface area (Å²) in [6.07, 6.45) is 0.0352. The second-order valence-corrected chi connectivity index (χ2v) is 6.61. The van der Waals surface area contributed by atoms with Gasteiger partial charge in [0, 0.05) is 31.1 Å². The molecule has 0 aliphatic carbocycles. The van der Waals surface area contributed by atoms with E-state index in [1.54, 1.807) is 11.3 Å². The minimum atomic E-state index is -0.925. The number of aromatic nitrogens is 2. The van der Waals surface area contributed by atoms with E-state index in [9.17, 15) is 5.11 Å². The highest BCUT2D eigenvalue weighted by Gasteiger charge is 2.19. The van der Waals surface area contributed by atoms with Crippen LogP contribution in [-0.2, 0) is 6.42 Å². The van der Waals surface area contributed by atoms with Crippen molar-refractivity contribution in [1.82, 2.24) is 15.3 Å². The topological polar surface area (TPSA) is 90.7 Å². The highest BCUT2D eigenvalue weighted by molar-refractivity contribution is 7.18. The van der Waals surface area contributed by atoms with Gasteiger partial charge < -0.3 is 25.2 Å². The van der Waals surface area contributed by atoms with Crippen LogP contribution < -0.4 is 15.0 Å². The van der Waals surface area contributed by atoms with Crippen molar-refractivity contribution in [3.05, 3.63) is 10.9 Å². The fourth-order valence-corrected chi connectivity index (χ4v) is 3.47. The van der Waals surface area contributed by atoms with Crippen molar-refractivity contribution in [3.8, 4) is 6.01 Å². The van der Waals surface area contributed by atoms with Crippen LogP contribution in [0.1, 0.15) is 11.8 Å². The molecule has 3 heterocycles. The molecule has 1 unspecified atom stereocenters. The third kappa shape index (κ3) is 3.72. The number of hydrogen-bond acceptors (Lipinski definition) is 8. The van der Waals surface area contributed by atoms with Gasteiger partial charge in [0.2, 0.25) is 0 Å². The Morgan fingerprint density at radius 1 is 1.39 bits per heavy atom. The first kappa shape index (κ1) is 16.4. The van der Waals surface area contributed by atoms with Crippen molar-refractivity contribution in [2.75, 3.05) is 44.3 Å². The van der Waals surface area contributed by atoms with Gasteiger partial charge in [0.05, 0.1) is 12.0 Å². The predicted molar refractivity (Wildman–Crippen MR) is 90.5 cm³/mol. The Hall–Kier alpha value is -1.48. The zero-order valence-corrected chi connectivity index (χ0v) is 14.0. The average molecular weight is 338 g/mol. The molecule has 0 radical (unpaired) electrons. The Kier molecular flexibility index (Phi) is 5.27. The van der Waals surface area contributed by atoms with Crippen LogP contribution in [0.15, 0.2) is 6.07 Å². The van der Waals surface area contributed by atoms with E-state index in [1.165, 1.54) is 4.88 Å². The largest absolute Gasteiger partial charge is 0.461 e. The molecule has 8 heteroatoms. The predicted octanol–water partition coefficient (Wildman–Crippen LogP) is 0.395. The van der Waals surface area contributed by atoms with Crippen molar-refractivity contribution in [2.45, 2.75) is 19.4 Å². The Morgan fingerprint density at radius 2 is 2.17 bits per heavy atom. The van der Waals surface area contributed by atoms with Crippen molar-refractivity contribution in [2.24, 2.45) is 0 Å². The van der Waals surface area contributed by atoms with Gasteiger partial charge in [-0.25, -0.2) is 0 Å². The number of fused-ring (bicyclic) bond motifs is 1. The lowest BCUT2D eigenvalue weighted by atomic mass is 10.2. The second-order valence-electron chi connectivity index (χ2n) is 5.50. The molecule has 1 saturated heterocycles. The van der Waals surface area contributed by atoms with E-state index in [0.717, 1.165) is 48.6 Å². The molecular formula is C15H22N4O3S. The standard InChI is InChI=1S/C15H22N4O3S/c1-2-11-7-12-13(19-5-3-16-4-6-19)17-15(18-14(12)23-11)22-9-10(21)8-20/h7,10,16,20-21H,2-6,8-9H2,1H3. The summed E-state index contributed by atoms with van der Waals surface area (Å²) in [4.78, 5) is 13.4. The van der Waals surface area contributed by atoms with Gasteiger partial charge in [-0.2, -0.15) is 9.97 Å². The first-order valence-electron chi connectivity index (χ1n) is 7.89. The summed E-state index contributed by atoms with van der Waals surface area (Å²) in [5, 5.41) is 22.7. The zero-order valence-electron chi connectivity index (χ0n) is 13.2. The molecule has 1 atom stereocenters. The van der Waals surface area contributed by atoms with Crippen LogP contribution >= 0.6 is 11.3 Å². The molecule has 23 heavy (non-hydrogen) atoms. The van der Waals surface area contributed by atoms with Crippen LogP contribution in [-0.4, -0.2) is 65.7 Å². The maximum absolute atomic E-state index is 9.45. The normalized spacial score (nSPS) is 16.7. The average Bonchev–Trinajstić information content (AvgIpc) is 3.02. The van der Waals surface area contributed by atoms with E-state index >= 15 is 0 Å². The molecule has 0 bridgehead atoms. The fourth-order valence-electron chi connectivity index (χ4n) is 2.52. The van der Waals surface area contributed by atoms with E-state index in [2.05, 4.69) is 33.2 Å². The van der Waals surface area contributed by atoms with Crippen molar-refractivity contribution in [1.29, 1.82) is 0 Å². The third-order valence-corrected chi connectivity index (χ3v) is 4.96. The summed E-state index contributed by atoms with van der Waals surface area (Å²) >= 11 is 1.64. The minimum absolute atomic E-state index is 0.0188. The van der Waals surface area contributed by atoms with Gasteiger partial charge in [0.1, 0.15) is 23.4 Å². The van der Waals surface area contributed by atoms with Gasteiger partial charge >= 0.3 is 6.01 Å². The van der Waals surface area contributed by atoms with E-state index in [1.807, 2.05) is 0 Å². The number of aliphatic hydroxyl groups is 2. The number of nitrogens with one attached hydrogen (secondary N) is 1. The SMILES string of the molecule is CCc1cc2c(N3CCNCC3)nc(OCC(O)CO)nc2s1. The number of piperazine rings is 1. The van der Waals surface area contributed by atoms with E-state index in [0.29, 0.717) is 0 Å². The molecule has 1 aliphatic heterocycles. The Morgan fingerprint density at radius 3 is 2.87 bits per heavy atom. The minimum Gasteiger partial charge on any atom is -0.461 e. The number of thiophene rings is 1. The lowest BCUT2D eigenvalue weighted by molar-refractivity contribution is 0.0506. The third-order valence-electron chi connectivity index (χ3n) is 3.78. The van der Waals surface area contributed by atoms with E-state index in [-0.39, 0.29) is 19.2 Å². The number of aryl methyl sites for hydroxylation is 1. The molecule has 7 nitrogen and oxygen atoms in total. The van der Waals surface area contributed by atoms with E-state index < -0.39 is 6.10 Å². The van der Waals surface area contributed by atoms with Crippen molar-refractivity contribution >= 4 is 27.4 Å². The number of nitrogens with zero attached hydrogens (tertiary/aromatic N) is 3. The molecule has 3 rings (SSSR count). The van der Waals surface area contributed by atoms with E-state index in [4.69, 9.17) is 9.84 Å². The maximum Gasteiger partial charge on any atom is 0.319 e. The smallest absolute Gasteiger partial charge is 0.319 e. The fraction of sp³-hybridized carbons (Fsp3) is 0.600. The number of rotatable bonds is 6. The van der Waals surface area contributed by atoms with Gasteiger partial charge in [-0.1, -0.05) is 6.92 Å². The van der Waals surface area contributed by atoms with Gasteiger partial charge in [-0.15, -0.1) is 11.3 Å². The number of ether oxygens (including phenoxy) is 1. The van der Waals surface area contributed by atoms with Crippen molar-refractivity contribution < 1.29 is 14.9 Å². The monoisotopic (exact) mass is 338 g/mol. The zero-order chi connectivity index (χ0) is 16.2. The molecule has 2 aromatic rings. The van der Waals surface area contributed by atoms with Crippen LogP contribution in [0.5, 0.6) is 6.01 Å². The maximum atomic E-state index is 9.45. The first-order chi connectivity index (χ1) is 11.2. The number of hydrogen-bond donors (Lipinski definition) is 3. The molecule has 1 aliphatic rings. The molecule has 3 N–H and O–H groups in total. The number of anilines is 1. The van der Waals surface area contributed by atoms with Crippen LogP contribution in [0.25, 0.3) is 10.2 Å². The van der Waals surface area contributed by atoms with Gasteiger partial charge in [0.15, 0.2) is 0 Å². The molecule has 126 valence electrons. The van der Waals surface area contributed by atoms with Gasteiger partial charge in [-0.3, -0.25) is 0 Å². The van der Waals surface area contributed by atoms with Crippen LogP contribution in [0.4, 0.5) is 5.82 Å². The first-order valence-corrected chi connectivity index (χ1v) is 8.70. The molecule has 0 spiro atoms. The lowest BCUT2D eigenvalue weighted by Crippen LogP contribution is -2.44. The van der Waals surface area contributed by atoms with Gasteiger partial charge in [0.25, 0.3) is 0 Å². The Labute approximate surface area is 138 Å². The molecule has 0 saturated carbocycles. The van der Waals surface area contributed by atoms with Crippen LogP contribution in [0, 0.1) is 0 Å². The molecule has 0 amide bonds. The molecule has 0 aromatic carbocycles. The van der Waals surface area contributed by atoms with Crippen molar-refractivity contribution in [3.63, 3.8) is 0 Å². The quantitative estimate of drug-likeness (QED) is 0.702.